The predicted molar refractivity (Wildman–Crippen MR) is 122 cm³/mol. The van der Waals surface area contributed by atoms with Crippen LogP contribution >= 0.6 is 0 Å². The molecule has 178 valence electrons. The number of fused-ring (bicyclic) bond motifs is 2. The summed E-state index contributed by atoms with van der Waals surface area (Å²) in [5, 5.41) is 0. The van der Waals surface area contributed by atoms with Crippen molar-refractivity contribution in [2.45, 2.75) is 44.2 Å². The fourth-order valence-corrected chi connectivity index (χ4v) is 4.76. The van der Waals surface area contributed by atoms with Crippen LogP contribution in [0.2, 0.25) is 0 Å². The average molecular weight is 470 g/mol. The van der Waals surface area contributed by atoms with Crippen LogP contribution in [-0.2, 0) is 17.7 Å². The zero-order valence-electron chi connectivity index (χ0n) is 18.9. The minimum absolute atomic E-state index is 0.133. The second-order valence-electron chi connectivity index (χ2n) is 9.05. The molecule has 2 aromatic carbocycles. The molecule has 8 heteroatoms. The summed E-state index contributed by atoms with van der Waals surface area (Å²) in [5.41, 5.74) is 3.28. The lowest BCUT2D eigenvalue weighted by atomic mass is 10.00. The number of hydrogen-bond acceptors (Lipinski definition) is 4. The van der Waals surface area contributed by atoms with Crippen LogP contribution in [0.5, 0.6) is 0 Å². The maximum absolute atomic E-state index is 12.7. The summed E-state index contributed by atoms with van der Waals surface area (Å²) < 4.78 is 47.0. The van der Waals surface area contributed by atoms with E-state index < -0.39 is 12.0 Å². The van der Waals surface area contributed by atoms with Gasteiger partial charge < -0.3 is 14.2 Å². The molecule has 3 aromatic rings. The van der Waals surface area contributed by atoms with Gasteiger partial charge in [-0.3, -0.25) is 4.79 Å². The van der Waals surface area contributed by atoms with E-state index in [0.29, 0.717) is 11.3 Å². The van der Waals surface area contributed by atoms with Crippen molar-refractivity contribution in [2.75, 3.05) is 20.1 Å². The monoisotopic (exact) mass is 469 g/mol. The lowest BCUT2D eigenvalue weighted by Crippen LogP contribution is -2.35. The van der Waals surface area contributed by atoms with E-state index in [1.807, 2.05) is 18.3 Å². The Morgan fingerprint density at radius 1 is 1.03 bits per heavy atom. The van der Waals surface area contributed by atoms with Gasteiger partial charge in [0.25, 0.3) is 5.78 Å². The highest BCUT2D eigenvalue weighted by atomic mass is 19.4. The van der Waals surface area contributed by atoms with Crippen LogP contribution in [0.4, 0.5) is 13.2 Å². The molecule has 1 saturated heterocycles. The Hall–Kier alpha value is -2.97. The first kappa shape index (κ1) is 22.8. The average Bonchev–Trinajstić information content (AvgIpc) is 3.20. The number of imidazole rings is 1. The van der Waals surface area contributed by atoms with E-state index in [0.717, 1.165) is 50.3 Å². The fourth-order valence-electron chi connectivity index (χ4n) is 4.76. The van der Waals surface area contributed by atoms with E-state index in [1.165, 1.54) is 29.8 Å². The largest absolute Gasteiger partial charge is 0.454 e. The van der Waals surface area contributed by atoms with Gasteiger partial charge in [0, 0.05) is 37.0 Å². The van der Waals surface area contributed by atoms with Gasteiger partial charge in [-0.25, -0.2) is 4.98 Å². The highest BCUT2D eigenvalue weighted by molar-refractivity contribution is 6.00. The number of aryl methyl sites for hydroxylation is 2. The molecule has 1 atom stereocenters. The molecular formula is C26H26F3N3O2. The van der Waals surface area contributed by atoms with Gasteiger partial charge in [-0.15, -0.1) is 0 Å². The number of ether oxygens (including phenoxy) is 1. The number of nitrogens with zero attached hydrogens (tertiary/aromatic N) is 3. The third-order valence-corrected chi connectivity index (χ3v) is 6.70. The van der Waals surface area contributed by atoms with Crippen LogP contribution in [0.1, 0.15) is 46.3 Å². The van der Waals surface area contributed by atoms with Gasteiger partial charge in [0.15, 0.2) is 0 Å². The van der Waals surface area contributed by atoms with Crippen molar-refractivity contribution in [2.24, 2.45) is 0 Å². The molecule has 0 amide bonds. The maximum Gasteiger partial charge on any atom is 0.454 e. The minimum atomic E-state index is -4.89. The van der Waals surface area contributed by atoms with E-state index in [9.17, 15) is 18.0 Å². The molecule has 1 aromatic heterocycles. The van der Waals surface area contributed by atoms with Gasteiger partial charge >= 0.3 is 6.18 Å². The van der Waals surface area contributed by atoms with Crippen molar-refractivity contribution >= 4 is 5.78 Å². The number of likely N-dealkylation sites (tertiary alicyclic amines) is 1. The van der Waals surface area contributed by atoms with Crippen molar-refractivity contribution in [3.63, 3.8) is 0 Å². The van der Waals surface area contributed by atoms with Gasteiger partial charge in [-0.05, 0) is 37.4 Å². The van der Waals surface area contributed by atoms with Crippen molar-refractivity contribution in [3.8, 4) is 11.3 Å². The summed E-state index contributed by atoms with van der Waals surface area (Å²) in [5.74, 6) is -1.04. The van der Waals surface area contributed by atoms with Crippen LogP contribution in [0.15, 0.2) is 54.7 Å². The van der Waals surface area contributed by atoms with E-state index in [2.05, 4.69) is 28.6 Å². The molecule has 0 bridgehead atoms. The number of carbonyl (C=O) groups excluding carboxylic acids is 1. The molecule has 3 heterocycles. The number of benzene rings is 2. The van der Waals surface area contributed by atoms with Crippen molar-refractivity contribution in [1.82, 2.24) is 14.5 Å². The number of hydrogen-bond donors (Lipinski definition) is 0. The number of aromatic nitrogens is 2. The SMILES string of the molecule is CN1CCC(OC2c3ccccc3CCn3cc(-c4ccc(C(=O)C(F)(F)F)cc4)nc32)CC1. The molecule has 1 unspecified atom stereocenters. The predicted octanol–water partition coefficient (Wildman–Crippen LogP) is 5.05. The standard InChI is InChI=1S/C26H26F3N3O2/c1-31-13-11-20(12-14-31)34-23-21-5-3-2-4-17(21)10-15-32-16-22(30-25(23)32)18-6-8-19(9-7-18)24(33)26(27,28)29/h2-9,16,20,23H,10-15H2,1H3. The Labute approximate surface area is 196 Å². The zero-order valence-corrected chi connectivity index (χ0v) is 18.9. The van der Waals surface area contributed by atoms with Gasteiger partial charge in [-0.1, -0.05) is 48.5 Å². The van der Waals surface area contributed by atoms with Gasteiger partial charge in [-0.2, -0.15) is 13.2 Å². The molecule has 5 nitrogen and oxygen atoms in total. The molecule has 0 N–H and O–H groups in total. The number of alkyl halides is 3. The van der Waals surface area contributed by atoms with Crippen LogP contribution < -0.4 is 0 Å². The summed E-state index contributed by atoms with van der Waals surface area (Å²) in [6.07, 6.45) is -0.396. The first-order valence-electron chi connectivity index (χ1n) is 11.5. The molecule has 2 aliphatic rings. The van der Waals surface area contributed by atoms with Crippen molar-refractivity contribution in [1.29, 1.82) is 0 Å². The molecule has 5 rings (SSSR count). The molecule has 0 saturated carbocycles. The Morgan fingerprint density at radius 2 is 1.74 bits per heavy atom. The lowest BCUT2D eigenvalue weighted by molar-refractivity contribution is -0.0885. The van der Waals surface area contributed by atoms with E-state index in [-0.39, 0.29) is 17.8 Å². The van der Waals surface area contributed by atoms with Crippen molar-refractivity contribution in [3.05, 3.63) is 77.2 Å². The van der Waals surface area contributed by atoms with Crippen LogP contribution in [0.25, 0.3) is 11.3 Å². The second kappa shape index (κ2) is 9.00. The van der Waals surface area contributed by atoms with E-state index in [1.54, 1.807) is 0 Å². The maximum atomic E-state index is 12.7. The molecule has 0 aliphatic carbocycles. The van der Waals surface area contributed by atoms with E-state index in [4.69, 9.17) is 9.72 Å². The molecule has 0 radical (unpaired) electrons. The highest BCUT2D eigenvalue weighted by Gasteiger charge is 2.39. The Balaban J connectivity index is 1.47. The zero-order chi connectivity index (χ0) is 23.9. The Kier molecular flexibility index (Phi) is 6.04. The van der Waals surface area contributed by atoms with Crippen LogP contribution in [0.3, 0.4) is 0 Å². The van der Waals surface area contributed by atoms with Crippen LogP contribution in [0, 0.1) is 0 Å². The lowest BCUT2D eigenvalue weighted by Gasteiger charge is -2.32. The number of carbonyl (C=O) groups is 1. The van der Waals surface area contributed by atoms with E-state index >= 15 is 0 Å². The number of Topliss-reactive ketones (excluding diaryl/α,β-unsaturated/α-hetero) is 1. The first-order chi connectivity index (χ1) is 16.3. The normalized spacial score (nSPS) is 19.4. The number of piperidine rings is 1. The molecule has 34 heavy (non-hydrogen) atoms. The summed E-state index contributed by atoms with van der Waals surface area (Å²) in [4.78, 5) is 18.7. The smallest absolute Gasteiger partial charge is 0.362 e. The summed E-state index contributed by atoms with van der Waals surface area (Å²) in [6, 6.07) is 13.7. The minimum Gasteiger partial charge on any atom is -0.362 e. The van der Waals surface area contributed by atoms with Gasteiger partial charge in [0.2, 0.25) is 0 Å². The first-order valence-corrected chi connectivity index (χ1v) is 11.5. The third kappa shape index (κ3) is 4.52. The van der Waals surface area contributed by atoms with Crippen LogP contribution in [-0.4, -0.2) is 52.7 Å². The molecule has 0 spiro atoms. The summed E-state index contributed by atoms with van der Waals surface area (Å²) in [6.45, 7) is 2.71. The number of ketones is 1. The second-order valence-corrected chi connectivity index (χ2v) is 9.05. The van der Waals surface area contributed by atoms with Gasteiger partial charge in [0.1, 0.15) is 11.9 Å². The summed E-state index contributed by atoms with van der Waals surface area (Å²) in [7, 11) is 2.11. The quantitative estimate of drug-likeness (QED) is 0.502. The topological polar surface area (TPSA) is 47.4 Å². The molecular weight excluding hydrogens is 443 g/mol. The summed E-state index contributed by atoms with van der Waals surface area (Å²) >= 11 is 0. The molecule has 1 fully saturated rings. The molecule has 2 aliphatic heterocycles. The highest BCUT2D eigenvalue weighted by Crippen LogP contribution is 2.36. The fraction of sp³-hybridized carbons (Fsp3) is 0.385. The Morgan fingerprint density at radius 3 is 2.44 bits per heavy atom. The number of halogens is 3. The number of rotatable bonds is 4. The third-order valence-electron chi connectivity index (χ3n) is 6.70. The Bertz CT molecular complexity index is 1180. The van der Waals surface area contributed by atoms with Gasteiger partial charge in [0.05, 0.1) is 11.8 Å². The van der Waals surface area contributed by atoms with Crippen molar-refractivity contribution < 1.29 is 22.7 Å².